The molecule has 0 atom stereocenters. The van der Waals surface area contributed by atoms with Gasteiger partial charge in [0, 0.05) is 0 Å². The number of hydrogen-bond donors (Lipinski definition) is 0. The van der Waals surface area contributed by atoms with Crippen molar-refractivity contribution in [1.82, 2.24) is 0 Å². The van der Waals surface area contributed by atoms with Crippen LogP contribution in [0.4, 0.5) is 0 Å². The van der Waals surface area contributed by atoms with Gasteiger partial charge in [-0.25, -0.2) is 33.7 Å². The van der Waals surface area contributed by atoms with Crippen molar-refractivity contribution in [3.63, 3.8) is 0 Å². The van der Waals surface area contributed by atoms with Crippen molar-refractivity contribution in [2.24, 2.45) is 0 Å². The molecular weight excluding hydrogens is 1330 g/mol. The Kier molecular flexibility index (Phi) is 53.9. The van der Waals surface area contributed by atoms with Crippen LogP contribution in [0.15, 0.2) is 117 Å². The number of benzene rings is 4. The van der Waals surface area contributed by atoms with Gasteiger partial charge in [0.2, 0.25) is 0 Å². The maximum atomic E-state index is 11.2. The second kappa shape index (κ2) is 55.2. The van der Waals surface area contributed by atoms with Crippen molar-refractivity contribution in [2.75, 3.05) is 0 Å². The molecule has 0 N–H and O–H groups in total. The van der Waals surface area contributed by atoms with E-state index in [1.54, 1.807) is 72.8 Å². The Morgan fingerprint density at radius 2 is 0.337 bits per heavy atom. The Balaban J connectivity index is 0.00000116. The summed E-state index contributed by atoms with van der Waals surface area (Å²) in [6.07, 6.45) is 52.6. The molecule has 0 unspecified atom stereocenters. The van der Waals surface area contributed by atoms with Crippen molar-refractivity contribution >= 4 is 40.5 Å². The van der Waals surface area contributed by atoms with Gasteiger partial charge in [0.15, 0.2) is 0 Å². The number of rotatable bonds is 48. The van der Waals surface area contributed by atoms with Crippen molar-refractivity contribution in [3.8, 4) is 0 Å². The van der Waals surface area contributed by atoms with Gasteiger partial charge in [-0.05, 0) is 97.9 Å². The van der Waals surface area contributed by atoms with Crippen molar-refractivity contribution in [2.45, 2.75) is 330 Å². The van der Waals surface area contributed by atoms with Gasteiger partial charge in [0.25, 0.3) is 0 Å². The molecule has 0 saturated heterocycles. The summed E-state index contributed by atoms with van der Waals surface area (Å²) in [5.74, 6) is 0. The van der Waals surface area contributed by atoms with Crippen LogP contribution in [0.5, 0.6) is 0 Å². The largest absolute Gasteiger partial charge is 4.00 e. The normalized spacial score (nSPS) is 11.6. The number of hydrogen-bond acceptors (Lipinski definition) is 12. The van der Waals surface area contributed by atoms with Crippen molar-refractivity contribution in [3.05, 3.63) is 119 Å². The fourth-order valence-electron chi connectivity index (χ4n) is 11.0. The summed E-state index contributed by atoms with van der Waals surface area (Å²) in [7, 11) is -17.4. The monoisotopic (exact) mass is 1440 g/mol. The third-order valence-corrected chi connectivity index (χ3v) is 19.9. The predicted octanol–water partition coefficient (Wildman–Crippen LogP) is 20.2. The van der Waals surface area contributed by atoms with Crippen LogP contribution < -0.4 is 0 Å². The quantitative estimate of drug-likeness (QED) is 0.0297. The van der Waals surface area contributed by atoms with Crippen LogP contribution in [-0.2, 0) is 66.2 Å². The zero-order chi connectivity index (χ0) is 65.0. The molecule has 0 fully saturated rings. The van der Waals surface area contributed by atoms with E-state index in [0.29, 0.717) is 47.9 Å². The fourth-order valence-corrected chi connectivity index (χ4v) is 14.0. The molecule has 0 spiro atoms. The molecule has 504 valence electrons. The van der Waals surface area contributed by atoms with E-state index in [1.807, 2.05) is 0 Å². The van der Waals surface area contributed by atoms with Crippen LogP contribution in [0, 0.1) is 41.7 Å². The van der Waals surface area contributed by atoms with Gasteiger partial charge in [-0.3, -0.25) is 0 Å². The molecule has 89 heavy (non-hydrogen) atoms. The van der Waals surface area contributed by atoms with E-state index in [4.69, 9.17) is 0 Å². The van der Waals surface area contributed by atoms with Crippen LogP contribution in [0.2, 0.25) is 0 Å². The summed E-state index contributed by atoms with van der Waals surface area (Å²) in [6, 6.07) is 26.2. The Bertz CT molecular complexity index is 2430. The van der Waals surface area contributed by atoms with Gasteiger partial charge in [0.1, 0.15) is 40.5 Å². The average Bonchev–Trinajstić information content (AvgIpc) is 3.51. The van der Waals surface area contributed by atoms with E-state index >= 15 is 0 Å². The molecule has 4 aromatic carbocycles. The van der Waals surface area contributed by atoms with E-state index in [1.165, 1.54) is 230 Å². The molecule has 0 saturated carbocycles. The molecule has 0 radical (unpaired) electrons. The summed E-state index contributed by atoms with van der Waals surface area (Å²) in [4.78, 5) is -0.200. The van der Waals surface area contributed by atoms with E-state index < -0.39 is 40.5 Å². The van der Waals surface area contributed by atoms with Gasteiger partial charge in [-0.1, -0.05) is 332 Å². The van der Waals surface area contributed by atoms with Gasteiger partial charge in [-0.2, -0.15) is 0 Å². The van der Waals surface area contributed by atoms with Crippen LogP contribution in [0.1, 0.15) is 307 Å². The summed E-state index contributed by atoms with van der Waals surface area (Å²) in [6.45, 7) is 8.93. The van der Waals surface area contributed by atoms with Gasteiger partial charge in [-0.15, -0.1) is 0 Å². The first-order valence-electron chi connectivity index (χ1n) is 34.4. The number of aryl methyl sites for hydroxylation is 4. The summed E-state index contributed by atoms with van der Waals surface area (Å²) in [5.41, 5.74) is 2.66. The van der Waals surface area contributed by atoms with Crippen molar-refractivity contribution in [1.29, 1.82) is 0 Å². The standard InChI is InChI=1S/4C18H30O3S.Ce/c4*1-2-3-4-5-6-7-8-9-10-11-14-17-15-12-13-16-18(17)22(19,20)21;/h4*12-13,15-16H,2-11,14H2,1H3,(H,19,20,21);/q;;;;+4/p-4. The summed E-state index contributed by atoms with van der Waals surface area (Å²) >= 11 is 0. The van der Waals surface area contributed by atoms with E-state index in [2.05, 4.69) is 27.7 Å². The minimum absolute atomic E-state index is 0. The molecule has 0 heterocycles. The second-order valence-corrected chi connectivity index (χ2v) is 29.4. The topological polar surface area (TPSA) is 229 Å². The molecule has 0 aliphatic rings. The predicted molar refractivity (Wildman–Crippen MR) is 360 cm³/mol. The van der Waals surface area contributed by atoms with Crippen LogP contribution in [-0.4, -0.2) is 51.9 Å². The molecule has 0 aliphatic heterocycles. The Morgan fingerprint density at radius 1 is 0.213 bits per heavy atom. The maximum Gasteiger partial charge on any atom is 4.00 e. The molecular formula is C72H116CeO12S4. The van der Waals surface area contributed by atoms with E-state index in [0.717, 1.165) is 51.4 Å². The molecule has 0 amide bonds. The average molecular weight is 1440 g/mol. The molecule has 12 nitrogen and oxygen atoms in total. The number of unbranched alkanes of at least 4 members (excludes halogenated alkanes) is 36. The summed E-state index contributed by atoms with van der Waals surface area (Å²) < 4.78 is 134. The zero-order valence-electron chi connectivity index (χ0n) is 55.4. The van der Waals surface area contributed by atoms with Crippen LogP contribution in [0.25, 0.3) is 0 Å². The second-order valence-electron chi connectivity index (χ2n) is 24.0. The van der Waals surface area contributed by atoms with E-state index in [9.17, 15) is 51.9 Å². The Morgan fingerprint density at radius 3 is 0.472 bits per heavy atom. The van der Waals surface area contributed by atoms with Gasteiger partial charge in [0.05, 0.1) is 19.6 Å². The minimum atomic E-state index is -4.35. The molecule has 0 bridgehead atoms. The fraction of sp³-hybridized carbons (Fsp3) is 0.667. The molecule has 4 rings (SSSR count). The third-order valence-electron chi connectivity index (χ3n) is 16.2. The van der Waals surface area contributed by atoms with E-state index in [-0.39, 0.29) is 61.3 Å². The first kappa shape index (κ1) is 86.9. The van der Waals surface area contributed by atoms with Gasteiger partial charge < -0.3 is 18.2 Å². The van der Waals surface area contributed by atoms with Crippen LogP contribution in [0.3, 0.4) is 0 Å². The minimum Gasteiger partial charge on any atom is -0.744 e. The molecule has 0 aliphatic carbocycles. The first-order valence-corrected chi connectivity index (χ1v) is 40.0. The van der Waals surface area contributed by atoms with Gasteiger partial charge >= 0.3 is 41.7 Å². The zero-order valence-corrected chi connectivity index (χ0v) is 61.8. The summed E-state index contributed by atoms with van der Waals surface area (Å²) in [5, 5.41) is 0. The molecule has 17 heteroatoms. The third kappa shape index (κ3) is 46.6. The maximum absolute atomic E-state index is 11.2. The Labute approximate surface area is 578 Å². The SMILES string of the molecule is CCCCCCCCCCCCc1ccccc1S(=O)(=O)[O-].CCCCCCCCCCCCc1ccccc1S(=O)(=O)[O-].CCCCCCCCCCCCc1ccccc1S(=O)(=O)[O-].CCCCCCCCCCCCc1ccccc1S(=O)(=O)[O-].[Ce+4]. The van der Waals surface area contributed by atoms with Crippen LogP contribution >= 0.6 is 0 Å². The smallest absolute Gasteiger partial charge is 0.744 e. The Hall–Kier alpha value is -2.10. The first-order chi connectivity index (χ1) is 42.2. The molecule has 4 aromatic rings. The van der Waals surface area contributed by atoms with Crippen molar-refractivity contribution < 1.29 is 93.6 Å². The molecule has 0 aromatic heterocycles.